The van der Waals surface area contributed by atoms with Crippen molar-refractivity contribution in [2.45, 2.75) is 46.0 Å². The van der Waals surface area contributed by atoms with Crippen molar-refractivity contribution < 1.29 is 0 Å². The van der Waals surface area contributed by atoms with Gasteiger partial charge in [0.25, 0.3) is 0 Å². The van der Waals surface area contributed by atoms with Gasteiger partial charge in [0, 0.05) is 19.6 Å². The highest BCUT2D eigenvalue weighted by atomic mass is 14.9. The van der Waals surface area contributed by atoms with Gasteiger partial charge in [-0.1, -0.05) is 32.6 Å². The first-order valence-electron chi connectivity index (χ1n) is 7.03. The summed E-state index contributed by atoms with van der Waals surface area (Å²) in [5, 5.41) is 6.82. The van der Waals surface area contributed by atoms with Gasteiger partial charge >= 0.3 is 0 Å². The molecule has 1 aliphatic carbocycles. The van der Waals surface area contributed by atoms with Crippen LogP contribution < -0.4 is 10.6 Å². The number of hydrogen-bond acceptors (Lipinski definition) is 2. The number of terminal acetylenes is 1. The molecule has 0 aromatic rings. The predicted octanol–water partition coefficient (Wildman–Crippen LogP) is 2.41. The maximum Gasteiger partial charge on any atom is 0.0574 e. The molecular formula is C15H28N2. The Bertz CT molecular complexity index is 234. The molecule has 0 atom stereocenters. The van der Waals surface area contributed by atoms with E-state index in [1.54, 1.807) is 0 Å². The van der Waals surface area contributed by atoms with Gasteiger partial charge in [0.05, 0.1) is 6.54 Å². The van der Waals surface area contributed by atoms with E-state index in [0.29, 0.717) is 12.0 Å². The Hall–Kier alpha value is -0.520. The Balaban J connectivity index is 2.19. The first kappa shape index (κ1) is 14.5. The van der Waals surface area contributed by atoms with E-state index in [1.165, 1.54) is 38.6 Å². The van der Waals surface area contributed by atoms with E-state index in [1.807, 2.05) is 0 Å². The molecular weight excluding hydrogens is 208 g/mol. The van der Waals surface area contributed by atoms with Crippen LogP contribution in [0.2, 0.25) is 0 Å². The third-order valence-electron chi connectivity index (χ3n) is 3.71. The fourth-order valence-electron chi connectivity index (χ4n) is 3.13. The van der Waals surface area contributed by atoms with Gasteiger partial charge in [-0.25, -0.2) is 0 Å². The zero-order valence-corrected chi connectivity index (χ0v) is 11.5. The van der Waals surface area contributed by atoms with Crippen LogP contribution >= 0.6 is 0 Å². The summed E-state index contributed by atoms with van der Waals surface area (Å²) < 4.78 is 0. The van der Waals surface area contributed by atoms with Crippen LogP contribution in [0.3, 0.4) is 0 Å². The van der Waals surface area contributed by atoms with Gasteiger partial charge in [-0.05, 0) is 30.6 Å². The van der Waals surface area contributed by atoms with Crippen molar-refractivity contribution in [1.82, 2.24) is 10.6 Å². The summed E-state index contributed by atoms with van der Waals surface area (Å²) in [6.07, 6.45) is 12.2. The largest absolute Gasteiger partial charge is 0.315 e. The topological polar surface area (TPSA) is 24.1 Å². The van der Waals surface area contributed by atoms with Crippen LogP contribution in [0.15, 0.2) is 0 Å². The molecule has 1 aliphatic rings. The zero-order chi connectivity index (χ0) is 12.6. The molecule has 2 heteroatoms. The van der Waals surface area contributed by atoms with E-state index in [0.717, 1.165) is 19.0 Å². The van der Waals surface area contributed by atoms with Gasteiger partial charge in [-0.15, -0.1) is 6.42 Å². The van der Waals surface area contributed by atoms with Crippen LogP contribution in [-0.4, -0.2) is 26.2 Å². The minimum Gasteiger partial charge on any atom is -0.315 e. The molecule has 17 heavy (non-hydrogen) atoms. The summed E-state index contributed by atoms with van der Waals surface area (Å²) in [6, 6.07) is 0. The number of nitrogens with one attached hydrogen (secondary N) is 2. The summed E-state index contributed by atoms with van der Waals surface area (Å²) in [4.78, 5) is 0. The molecule has 0 aromatic carbocycles. The van der Waals surface area contributed by atoms with E-state index < -0.39 is 0 Å². The third-order valence-corrected chi connectivity index (χ3v) is 3.71. The fraction of sp³-hybridized carbons (Fsp3) is 0.867. The second-order valence-corrected chi connectivity index (χ2v) is 5.86. The zero-order valence-electron chi connectivity index (χ0n) is 11.5. The summed E-state index contributed by atoms with van der Waals surface area (Å²) in [5.74, 6) is 3.41. The molecule has 0 amide bonds. The molecule has 0 saturated heterocycles. The van der Waals surface area contributed by atoms with Crippen LogP contribution in [-0.2, 0) is 0 Å². The molecule has 1 fully saturated rings. The fourth-order valence-corrected chi connectivity index (χ4v) is 3.13. The molecule has 1 saturated carbocycles. The van der Waals surface area contributed by atoms with Gasteiger partial charge in [0.15, 0.2) is 0 Å². The number of hydrogen-bond donors (Lipinski definition) is 2. The molecule has 0 bridgehead atoms. The SMILES string of the molecule is C#CCNCCNCC1(CC(C)C)CCCC1. The first-order chi connectivity index (χ1) is 8.18. The van der Waals surface area contributed by atoms with Gasteiger partial charge in [0.1, 0.15) is 0 Å². The summed E-state index contributed by atoms with van der Waals surface area (Å²) in [6.45, 7) is 8.55. The monoisotopic (exact) mass is 236 g/mol. The quantitative estimate of drug-likeness (QED) is 0.499. The highest BCUT2D eigenvalue weighted by Gasteiger charge is 2.33. The highest BCUT2D eigenvalue weighted by molar-refractivity contribution is 4.88. The van der Waals surface area contributed by atoms with E-state index in [2.05, 4.69) is 30.4 Å². The third kappa shape index (κ3) is 5.57. The maximum absolute atomic E-state index is 5.19. The van der Waals surface area contributed by atoms with Crippen molar-refractivity contribution in [3.05, 3.63) is 0 Å². The van der Waals surface area contributed by atoms with Crippen LogP contribution in [0.25, 0.3) is 0 Å². The van der Waals surface area contributed by atoms with Gasteiger partial charge < -0.3 is 10.6 Å². The van der Waals surface area contributed by atoms with Crippen molar-refractivity contribution >= 4 is 0 Å². The second-order valence-electron chi connectivity index (χ2n) is 5.86. The molecule has 2 N–H and O–H groups in total. The lowest BCUT2D eigenvalue weighted by atomic mass is 9.78. The van der Waals surface area contributed by atoms with Crippen molar-refractivity contribution in [3.63, 3.8) is 0 Å². The second kappa shape index (κ2) is 7.74. The standard InChI is InChI=1S/C15H28N2/c1-4-9-16-10-11-17-13-15(12-14(2)3)7-5-6-8-15/h1,14,16-17H,5-13H2,2-3H3. The molecule has 98 valence electrons. The average molecular weight is 236 g/mol. The Labute approximate surface area is 107 Å². The predicted molar refractivity (Wildman–Crippen MR) is 74.9 cm³/mol. The van der Waals surface area contributed by atoms with Crippen molar-refractivity contribution in [2.24, 2.45) is 11.3 Å². The van der Waals surface area contributed by atoms with E-state index in [-0.39, 0.29) is 0 Å². The lowest BCUT2D eigenvalue weighted by molar-refractivity contribution is 0.224. The van der Waals surface area contributed by atoms with E-state index in [4.69, 9.17) is 6.42 Å². The molecule has 0 unspecified atom stereocenters. The lowest BCUT2D eigenvalue weighted by Crippen LogP contribution is -2.37. The number of rotatable bonds is 8. The summed E-state index contributed by atoms with van der Waals surface area (Å²) in [7, 11) is 0. The van der Waals surface area contributed by atoms with Crippen molar-refractivity contribution in [3.8, 4) is 12.3 Å². The minimum absolute atomic E-state index is 0.584. The van der Waals surface area contributed by atoms with Crippen molar-refractivity contribution in [1.29, 1.82) is 0 Å². The van der Waals surface area contributed by atoms with E-state index in [9.17, 15) is 0 Å². The normalized spacial score (nSPS) is 18.5. The maximum atomic E-state index is 5.19. The highest BCUT2D eigenvalue weighted by Crippen LogP contribution is 2.42. The minimum atomic E-state index is 0.584. The van der Waals surface area contributed by atoms with Gasteiger partial charge in [-0.2, -0.15) is 0 Å². The summed E-state index contributed by atoms with van der Waals surface area (Å²) >= 11 is 0. The van der Waals surface area contributed by atoms with Crippen LogP contribution in [0.1, 0.15) is 46.0 Å². The van der Waals surface area contributed by atoms with Crippen LogP contribution in [0, 0.1) is 23.7 Å². The van der Waals surface area contributed by atoms with E-state index >= 15 is 0 Å². The first-order valence-corrected chi connectivity index (χ1v) is 7.03. The molecule has 0 spiro atoms. The Kier molecular flexibility index (Phi) is 6.62. The van der Waals surface area contributed by atoms with Gasteiger partial charge in [0.2, 0.25) is 0 Å². The Morgan fingerprint density at radius 2 is 1.82 bits per heavy atom. The van der Waals surface area contributed by atoms with Crippen molar-refractivity contribution in [2.75, 3.05) is 26.2 Å². The molecule has 2 nitrogen and oxygen atoms in total. The lowest BCUT2D eigenvalue weighted by Gasteiger charge is -2.31. The summed E-state index contributed by atoms with van der Waals surface area (Å²) in [5.41, 5.74) is 0.584. The Morgan fingerprint density at radius 1 is 1.18 bits per heavy atom. The molecule has 0 aliphatic heterocycles. The smallest absolute Gasteiger partial charge is 0.0574 e. The van der Waals surface area contributed by atoms with Crippen LogP contribution in [0.5, 0.6) is 0 Å². The Morgan fingerprint density at radius 3 is 2.41 bits per heavy atom. The molecule has 1 rings (SSSR count). The average Bonchev–Trinajstić information content (AvgIpc) is 2.71. The van der Waals surface area contributed by atoms with Gasteiger partial charge in [-0.3, -0.25) is 0 Å². The molecule has 0 heterocycles. The molecule has 0 radical (unpaired) electrons. The molecule has 0 aromatic heterocycles. The van der Waals surface area contributed by atoms with Crippen LogP contribution in [0.4, 0.5) is 0 Å².